The summed E-state index contributed by atoms with van der Waals surface area (Å²) >= 11 is 1.48. The van der Waals surface area contributed by atoms with Gasteiger partial charge in [-0.05, 0) is 25.4 Å². The van der Waals surface area contributed by atoms with Gasteiger partial charge in [0.05, 0.1) is 25.4 Å². The Labute approximate surface area is 166 Å². The van der Waals surface area contributed by atoms with Gasteiger partial charge in [0.15, 0.2) is 0 Å². The van der Waals surface area contributed by atoms with E-state index in [0.29, 0.717) is 12.2 Å². The zero-order valence-corrected chi connectivity index (χ0v) is 16.4. The van der Waals surface area contributed by atoms with Gasteiger partial charge in [-0.2, -0.15) is 11.8 Å². The lowest BCUT2D eigenvalue weighted by Gasteiger charge is -2.25. The lowest BCUT2D eigenvalue weighted by Crippen LogP contribution is -2.60. The second-order valence-corrected chi connectivity index (χ2v) is 6.93. The van der Waals surface area contributed by atoms with Crippen molar-refractivity contribution in [2.75, 3.05) is 25.2 Å². The molecule has 28 heavy (non-hydrogen) atoms. The Balaban J connectivity index is 5.02. The van der Waals surface area contributed by atoms with Crippen LogP contribution >= 0.6 is 11.8 Å². The fourth-order valence-corrected chi connectivity index (χ4v) is 2.44. The molecule has 12 nitrogen and oxygen atoms in total. The van der Waals surface area contributed by atoms with Gasteiger partial charge in [-0.1, -0.05) is 0 Å². The van der Waals surface area contributed by atoms with Crippen molar-refractivity contribution in [1.29, 1.82) is 0 Å². The summed E-state index contributed by atoms with van der Waals surface area (Å²) in [4.78, 5) is 47.2. The quantitative estimate of drug-likeness (QED) is 0.143. The van der Waals surface area contributed by atoms with E-state index >= 15 is 0 Å². The first-order chi connectivity index (χ1) is 13.1. The van der Waals surface area contributed by atoms with Gasteiger partial charge in [-0.25, -0.2) is 4.79 Å². The van der Waals surface area contributed by atoms with Crippen LogP contribution in [-0.2, 0) is 19.2 Å². The fraction of sp³-hybridized carbons (Fsp3) is 0.733. The summed E-state index contributed by atoms with van der Waals surface area (Å²) in [5.74, 6) is -3.61. The second kappa shape index (κ2) is 13.3. The highest BCUT2D eigenvalue weighted by Crippen LogP contribution is 2.01. The molecule has 0 rings (SSSR count). The number of thioether (sulfide) groups is 1. The Morgan fingerprint density at radius 2 is 1.50 bits per heavy atom. The van der Waals surface area contributed by atoms with Crippen LogP contribution in [0.15, 0.2) is 0 Å². The Morgan fingerprint density at radius 1 is 0.964 bits per heavy atom. The van der Waals surface area contributed by atoms with Gasteiger partial charge >= 0.3 is 5.97 Å². The molecule has 0 radical (unpaired) electrons. The number of carboxylic acids is 1. The molecule has 0 saturated heterocycles. The van der Waals surface area contributed by atoms with Gasteiger partial charge in [-0.3, -0.25) is 14.4 Å². The summed E-state index contributed by atoms with van der Waals surface area (Å²) in [7, 11) is 0. The third kappa shape index (κ3) is 8.84. The molecule has 0 aliphatic rings. The van der Waals surface area contributed by atoms with Crippen LogP contribution in [-0.4, -0.2) is 99.6 Å². The number of nitrogens with one attached hydrogen (secondary N) is 3. The van der Waals surface area contributed by atoms with Crippen LogP contribution in [0, 0.1) is 0 Å². The molecule has 5 atom stereocenters. The molecule has 0 bridgehead atoms. The number of aliphatic carboxylic acids is 1. The molecule has 0 spiro atoms. The molecule has 0 aromatic carbocycles. The first kappa shape index (κ1) is 26.1. The van der Waals surface area contributed by atoms with Gasteiger partial charge in [0.1, 0.15) is 18.1 Å². The van der Waals surface area contributed by atoms with Crippen LogP contribution in [0.1, 0.15) is 13.3 Å². The monoisotopic (exact) mass is 424 g/mol. The largest absolute Gasteiger partial charge is 0.480 e. The maximum absolute atomic E-state index is 12.3. The number of carbonyl (C=O) groups is 4. The van der Waals surface area contributed by atoms with E-state index in [2.05, 4.69) is 10.6 Å². The van der Waals surface area contributed by atoms with Crippen LogP contribution in [0.2, 0.25) is 0 Å². The molecule has 162 valence electrons. The van der Waals surface area contributed by atoms with Crippen molar-refractivity contribution in [2.24, 2.45) is 5.73 Å². The molecule has 13 heteroatoms. The number of hydrogen-bond donors (Lipinski definition) is 8. The molecular formula is C15H28N4O8S. The summed E-state index contributed by atoms with van der Waals surface area (Å²) in [5.41, 5.74) is 5.70. The molecule has 9 N–H and O–H groups in total. The highest BCUT2D eigenvalue weighted by molar-refractivity contribution is 7.98. The van der Waals surface area contributed by atoms with Crippen molar-refractivity contribution >= 4 is 35.5 Å². The van der Waals surface area contributed by atoms with E-state index in [0.717, 1.165) is 0 Å². The van der Waals surface area contributed by atoms with Crippen molar-refractivity contribution < 1.29 is 39.6 Å². The van der Waals surface area contributed by atoms with E-state index in [1.807, 2.05) is 11.6 Å². The first-order valence-electron chi connectivity index (χ1n) is 8.37. The Bertz CT molecular complexity index is 548. The zero-order chi connectivity index (χ0) is 21.9. The molecule has 0 aromatic heterocycles. The van der Waals surface area contributed by atoms with Gasteiger partial charge in [0, 0.05) is 0 Å². The summed E-state index contributed by atoms with van der Waals surface area (Å²) in [6, 6.07) is -5.55. The van der Waals surface area contributed by atoms with Crippen molar-refractivity contribution in [3.05, 3.63) is 0 Å². The number of rotatable bonds is 13. The van der Waals surface area contributed by atoms with E-state index < -0.39 is 67.2 Å². The Morgan fingerprint density at radius 3 is 1.93 bits per heavy atom. The van der Waals surface area contributed by atoms with Gasteiger partial charge in [-0.15, -0.1) is 0 Å². The van der Waals surface area contributed by atoms with E-state index in [1.165, 1.54) is 18.7 Å². The molecule has 0 fully saturated rings. The van der Waals surface area contributed by atoms with Crippen LogP contribution in [0.25, 0.3) is 0 Å². The average Bonchev–Trinajstić information content (AvgIpc) is 2.64. The maximum Gasteiger partial charge on any atom is 0.328 e. The lowest BCUT2D eigenvalue weighted by atomic mass is 10.1. The number of amides is 3. The third-order valence-corrected chi connectivity index (χ3v) is 4.29. The summed E-state index contributed by atoms with van der Waals surface area (Å²) in [6.45, 7) is -0.547. The standard InChI is InChI=1S/C15H28N4O8S/c1-7(22)11(19-12(23)8(16)3-4-28-2)14(25)17-9(5-20)13(24)18-10(6-21)15(26)27/h7-11,20-22H,3-6,16H2,1-2H3,(H,17,25)(H,18,24)(H,19,23)(H,26,27). The van der Waals surface area contributed by atoms with Gasteiger partial charge in [0.2, 0.25) is 17.7 Å². The van der Waals surface area contributed by atoms with Gasteiger partial charge in [0.25, 0.3) is 0 Å². The SMILES string of the molecule is CSCCC(N)C(=O)NC(C(=O)NC(CO)C(=O)NC(CO)C(=O)O)C(C)O. The number of aliphatic hydroxyl groups is 3. The minimum Gasteiger partial charge on any atom is -0.480 e. The van der Waals surface area contributed by atoms with Crippen LogP contribution in [0.5, 0.6) is 0 Å². The van der Waals surface area contributed by atoms with Gasteiger partial charge < -0.3 is 42.1 Å². The molecule has 0 aromatic rings. The molecule has 3 amide bonds. The molecular weight excluding hydrogens is 396 g/mol. The lowest BCUT2D eigenvalue weighted by molar-refractivity contribution is -0.143. The number of carboxylic acid groups (broad SMARTS) is 1. The topological polar surface area (TPSA) is 211 Å². The Kier molecular flexibility index (Phi) is 12.4. The molecule has 0 aliphatic carbocycles. The van der Waals surface area contributed by atoms with E-state index in [4.69, 9.17) is 15.9 Å². The number of carbonyl (C=O) groups excluding carboxylic acids is 3. The highest BCUT2D eigenvalue weighted by atomic mass is 32.2. The van der Waals surface area contributed by atoms with E-state index in [9.17, 15) is 29.4 Å². The predicted octanol–water partition coefficient (Wildman–Crippen LogP) is -4.03. The fourth-order valence-electron chi connectivity index (χ4n) is 1.95. The number of hydrogen-bond acceptors (Lipinski definition) is 9. The normalized spacial score (nSPS) is 16.2. The van der Waals surface area contributed by atoms with Crippen LogP contribution in [0.4, 0.5) is 0 Å². The summed E-state index contributed by atoms with van der Waals surface area (Å²) < 4.78 is 0. The minimum absolute atomic E-state index is 0.348. The third-order valence-electron chi connectivity index (χ3n) is 3.65. The van der Waals surface area contributed by atoms with Crippen LogP contribution in [0.3, 0.4) is 0 Å². The molecule has 0 heterocycles. The summed E-state index contributed by atoms with van der Waals surface area (Å²) in [5, 5.41) is 43.1. The molecule has 0 saturated carbocycles. The second-order valence-electron chi connectivity index (χ2n) is 5.94. The number of nitrogens with two attached hydrogens (primary N) is 1. The number of aliphatic hydroxyl groups excluding tert-OH is 3. The van der Waals surface area contributed by atoms with Crippen molar-refractivity contribution in [3.63, 3.8) is 0 Å². The minimum atomic E-state index is -1.62. The van der Waals surface area contributed by atoms with E-state index in [-0.39, 0.29) is 0 Å². The van der Waals surface area contributed by atoms with Crippen molar-refractivity contribution in [3.8, 4) is 0 Å². The first-order valence-corrected chi connectivity index (χ1v) is 9.76. The van der Waals surface area contributed by atoms with E-state index in [1.54, 1.807) is 0 Å². The maximum atomic E-state index is 12.3. The van der Waals surface area contributed by atoms with Crippen molar-refractivity contribution in [1.82, 2.24) is 16.0 Å². The summed E-state index contributed by atoms with van der Waals surface area (Å²) in [6.07, 6.45) is 0.839. The predicted molar refractivity (Wildman–Crippen MR) is 100 cm³/mol. The Hall–Kier alpha value is -1.93. The highest BCUT2D eigenvalue weighted by Gasteiger charge is 2.31. The smallest absolute Gasteiger partial charge is 0.328 e. The molecule has 5 unspecified atom stereocenters. The van der Waals surface area contributed by atoms with Crippen LogP contribution < -0.4 is 21.7 Å². The zero-order valence-electron chi connectivity index (χ0n) is 15.6. The molecule has 0 aliphatic heterocycles. The van der Waals surface area contributed by atoms with Crippen molar-refractivity contribution in [2.45, 2.75) is 43.6 Å². The average molecular weight is 424 g/mol.